The fourth-order valence-electron chi connectivity index (χ4n) is 2.52. The molecule has 4 nitrogen and oxygen atoms in total. The van der Waals surface area contributed by atoms with Gasteiger partial charge < -0.3 is 10.1 Å². The van der Waals surface area contributed by atoms with Crippen LogP contribution in [0.4, 0.5) is 26.3 Å². The van der Waals surface area contributed by atoms with Crippen LogP contribution < -0.4 is 5.32 Å². The summed E-state index contributed by atoms with van der Waals surface area (Å²) >= 11 is 5.76. The van der Waals surface area contributed by atoms with Crippen molar-refractivity contribution in [1.82, 2.24) is 5.32 Å². The molecule has 2 aromatic rings. The number of hydrogen-bond acceptors (Lipinski definition) is 3. The highest BCUT2D eigenvalue weighted by molar-refractivity contribution is 6.30. The molecule has 1 amide bonds. The maximum atomic E-state index is 13.0. The Morgan fingerprint density at radius 1 is 0.967 bits per heavy atom. The van der Waals surface area contributed by atoms with Crippen LogP contribution in [0.1, 0.15) is 27.0 Å². The number of benzene rings is 2. The van der Waals surface area contributed by atoms with Crippen LogP contribution in [0.3, 0.4) is 0 Å². The Labute approximate surface area is 171 Å². The van der Waals surface area contributed by atoms with Gasteiger partial charge >= 0.3 is 18.3 Å². The third-order valence-corrected chi connectivity index (χ3v) is 4.25. The first-order valence-electron chi connectivity index (χ1n) is 8.24. The second-order valence-corrected chi connectivity index (χ2v) is 6.61. The summed E-state index contributed by atoms with van der Waals surface area (Å²) in [6.07, 6.45) is -10.3. The molecule has 0 aliphatic rings. The normalized spacial score (nSPS) is 12.9. The lowest BCUT2D eigenvalue weighted by atomic mass is 10.0. The monoisotopic (exact) mass is 453 g/mol. The van der Waals surface area contributed by atoms with E-state index in [1.165, 1.54) is 24.3 Å². The Balaban J connectivity index is 2.36. The van der Waals surface area contributed by atoms with E-state index in [0.717, 1.165) is 7.11 Å². The van der Waals surface area contributed by atoms with Crippen LogP contribution in [-0.4, -0.2) is 25.0 Å². The minimum Gasteiger partial charge on any atom is -0.467 e. The van der Waals surface area contributed by atoms with Crippen molar-refractivity contribution in [2.75, 3.05) is 7.11 Å². The van der Waals surface area contributed by atoms with E-state index in [9.17, 15) is 35.9 Å². The molecule has 0 spiro atoms. The summed E-state index contributed by atoms with van der Waals surface area (Å²) in [7, 11) is 1.02. The molecule has 1 atom stereocenters. The maximum absolute atomic E-state index is 13.0. The van der Waals surface area contributed by atoms with Gasteiger partial charge in [0.15, 0.2) is 0 Å². The van der Waals surface area contributed by atoms with E-state index in [2.05, 4.69) is 10.1 Å². The fourth-order valence-corrected chi connectivity index (χ4v) is 2.65. The van der Waals surface area contributed by atoms with E-state index in [1.54, 1.807) is 0 Å². The number of nitrogens with one attached hydrogen (secondary N) is 1. The molecule has 0 aromatic heterocycles. The third kappa shape index (κ3) is 6.12. The highest BCUT2D eigenvalue weighted by Gasteiger charge is 2.37. The highest BCUT2D eigenvalue weighted by atomic mass is 35.5. The summed E-state index contributed by atoms with van der Waals surface area (Å²) in [4.78, 5) is 24.4. The Bertz CT molecular complexity index is 893. The minimum atomic E-state index is -5.11. The van der Waals surface area contributed by atoms with Gasteiger partial charge in [0.2, 0.25) is 0 Å². The van der Waals surface area contributed by atoms with E-state index < -0.39 is 47.0 Å². The SMILES string of the molecule is COC(=O)[C@H](Cc1ccc(Cl)cc1)NC(=O)c1cc(C(F)(F)F)cc(C(F)(F)F)c1. The zero-order valence-electron chi connectivity index (χ0n) is 15.2. The number of rotatable bonds is 5. The molecule has 0 saturated heterocycles. The summed E-state index contributed by atoms with van der Waals surface area (Å²) in [5.41, 5.74) is -3.66. The van der Waals surface area contributed by atoms with Crippen LogP contribution in [0, 0.1) is 0 Å². The minimum absolute atomic E-state index is 0.0950. The van der Waals surface area contributed by atoms with Crippen molar-refractivity contribution >= 4 is 23.5 Å². The zero-order valence-corrected chi connectivity index (χ0v) is 16.0. The van der Waals surface area contributed by atoms with E-state index in [4.69, 9.17) is 11.6 Å². The molecule has 2 aromatic carbocycles. The predicted octanol–water partition coefficient (Wildman–Crippen LogP) is 4.89. The Morgan fingerprint density at radius 3 is 1.90 bits per heavy atom. The molecule has 0 bridgehead atoms. The van der Waals surface area contributed by atoms with Crippen LogP contribution in [0.5, 0.6) is 0 Å². The van der Waals surface area contributed by atoms with Crippen molar-refractivity contribution in [3.05, 3.63) is 69.7 Å². The lowest BCUT2D eigenvalue weighted by molar-refractivity contribution is -0.144. The average Bonchev–Trinajstić information content (AvgIpc) is 2.66. The van der Waals surface area contributed by atoms with Crippen LogP contribution in [0.25, 0.3) is 0 Å². The van der Waals surface area contributed by atoms with Gasteiger partial charge in [-0.3, -0.25) is 4.79 Å². The van der Waals surface area contributed by atoms with Crippen molar-refractivity contribution < 1.29 is 40.7 Å². The smallest absolute Gasteiger partial charge is 0.416 e. The van der Waals surface area contributed by atoms with Gasteiger partial charge in [0.25, 0.3) is 5.91 Å². The largest absolute Gasteiger partial charge is 0.467 e. The zero-order chi connectivity index (χ0) is 22.7. The van der Waals surface area contributed by atoms with Crippen LogP contribution in [0.15, 0.2) is 42.5 Å². The van der Waals surface area contributed by atoms with Crippen LogP contribution >= 0.6 is 11.6 Å². The van der Waals surface area contributed by atoms with E-state index in [1.807, 2.05) is 0 Å². The molecular weight excluding hydrogens is 440 g/mol. The van der Waals surface area contributed by atoms with Gasteiger partial charge in [-0.2, -0.15) is 26.3 Å². The summed E-state index contributed by atoms with van der Waals surface area (Å²) in [6, 6.07) is 5.20. The summed E-state index contributed by atoms with van der Waals surface area (Å²) in [5.74, 6) is -2.22. The molecule has 162 valence electrons. The van der Waals surface area contributed by atoms with Crippen molar-refractivity contribution in [2.24, 2.45) is 0 Å². The number of carbonyl (C=O) groups is 2. The standard InChI is InChI=1S/C19H14ClF6NO3/c1-30-17(29)15(6-10-2-4-14(20)5-3-10)27-16(28)11-7-12(18(21,22)23)9-13(8-11)19(24,25)26/h2-5,7-9,15H,6H2,1H3,(H,27,28)/t15-/m0/s1. The fraction of sp³-hybridized carbons (Fsp3) is 0.263. The summed E-state index contributed by atoms with van der Waals surface area (Å²) in [5, 5.41) is 2.53. The number of ether oxygens (including phenoxy) is 1. The molecule has 0 aliphatic carbocycles. The first-order valence-corrected chi connectivity index (χ1v) is 8.61. The molecule has 0 unspecified atom stereocenters. The molecule has 0 fully saturated rings. The van der Waals surface area contributed by atoms with E-state index in [0.29, 0.717) is 10.6 Å². The summed E-state index contributed by atoms with van der Waals surface area (Å²) < 4.78 is 82.4. The predicted molar refractivity (Wildman–Crippen MR) is 94.9 cm³/mol. The third-order valence-electron chi connectivity index (χ3n) is 3.99. The average molecular weight is 454 g/mol. The van der Waals surface area contributed by atoms with E-state index >= 15 is 0 Å². The molecule has 30 heavy (non-hydrogen) atoms. The van der Waals surface area contributed by atoms with Gasteiger partial charge in [-0.15, -0.1) is 0 Å². The topological polar surface area (TPSA) is 55.4 Å². The van der Waals surface area contributed by atoms with Crippen molar-refractivity contribution in [1.29, 1.82) is 0 Å². The first kappa shape index (κ1) is 23.5. The molecule has 0 heterocycles. The first-order chi connectivity index (χ1) is 13.8. The van der Waals surface area contributed by atoms with Gasteiger partial charge in [-0.1, -0.05) is 23.7 Å². The molecule has 2 rings (SSSR count). The number of halogens is 7. The second kappa shape index (κ2) is 8.95. The van der Waals surface area contributed by atoms with Crippen LogP contribution in [0.2, 0.25) is 5.02 Å². The Morgan fingerprint density at radius 2 is 1.47 bits per heavy atom. The molecule has 11 heteroatoms. The molecule has 0 saturated carbocycles. The van der Waals surface area contributed by atoms with Gasteiger partial charge in [-0.05, 0) is 35.9 Å². The maximum Gasteiger partial charge on any atom is 0.416 e. The van der Waals surface area contributed by atoms with Crippen molar-refractivity contribution in [3.63, 3.8) is 0 Å². The number of alkyl halides is 6. The highest BCUT2D eigenvalue weighted by Crippen LogP contribution is 2.36. The number of esters is 1. The molecule has 1 N–H and O–H groups in total. The number of methoxy groups -OCH3 is 1. The van der Waals surface area contributed by atoms with Crippen LogP contribution in [-0.2, 0) is 28.3 Å². The molecule has 0 radical (unpaired) electrons. The van der Waals surface area contributed by atoms with Crippen molar-refractivity contribution in [3.8, 4) is 0 Å². The Kier molecular flexibility index (Phi) is 7.02. The van der Waals surface area contributed by atoms with Gasteiger partial charge in [0.1, 0.15) is 6.04 Å². The van der Waals surface area contributed by atoms with Gasteiger partial charge in [0.05, 0.1) is 18.2 Å². The van der Waals surface area contributed by atoms with Gasteiger partial charge in [0, 0.05) is 17.0 Å². The number of carbonyl (C=O) groups excluding carboxylic acids is 2. The van der Waals surface area contributed by atoms with Gasteiger partial charge in [-0.25, -0.2) is 4.79 Å². The molecule has 0 aliphatic heterocycles. The molecular formula is C19H14ClF6NO3. The Hall–Kier alpha value is -2.75. The quantitative estimate of drug-likeness (QED) is 0.518. The lowest BCUT2D eigenvalue weighted by Crippen LogP contribution is -2.43. The summed E-state index contributed by atoms with van der Waals surface area (Å²) in [6.45, 7) is 0. The number of hydrogen-bond donors (Lipinski definition) is 1. The second-order valence-electron chi connectivity index (χ2n) is 6.17. The van der Waals surface area contributed by atoms with Crippen molar-refractivity contribution in [2.45, 2.75) is 24.8 Å². The van der Waals surface area contributed by atoms with E-state index in [-0.39, 0.29) is 24.6 Å². The number of amides is 1. The lowest BCUT2D eigenvalue weighted by Gasteiger charge is -2.18.